The molecule has 2 unspecified atom stereocenters. The second-order valence-corrected chi connectivity index (χ2v) is 7.78. The van der Waals surface area contributed by atoms with Gasteiger partial charge in [-0.05, 0) is 55.3 Å². The van der Waals surface area contributed by atoms with Gasteiger partial charge in [-0.25, -0.2) is 4.99 Å². The van der Waals surface area contributed by atoms with Crippen molar-refractivity contribution < 1.29 is 9.84 Å². The first-order chi connectivity index (χ1) is 13.0. The highest BCUT2D eigenvalue weighted by atomic mass is 127. The summed E-state index contributed by atoms with van der Waals surface area (Å²) in [6.07, 6.45) is 0.984. The molecule has 0 aliphatic rings. The quantitative estimate of drug-likeness (QED) is 0.263. The van der Waals surface area contributed by atoms with Gasteiger partial charge >= 0.3 is 0 Å². The van der Waals surface area contributed by atoms with Crippen LogP contribution < -0.4 is 15.4 Å². The minimum atomic E-state index is -0.951. The second kappa shape index (κ2) is 12.3. The summed E-state index contributed by atoms with van der Waals surface area (Å²) < 4.78 is 5.21. The number of guanidine groups is 1. The molecule has 2 rings (SSSR count). The van der Waals surface area contributed by atoms with Crippen LogP contribution in [0.1, 0.15) is 43.6 Å². The van der Waals surface area contributed by atoms with Gasteiger partial charge in [0, 0.05) is 18.0 Å². The Labute approximate surface area is 189 Å². The zero-order chi connectivity index (χ0) is 19.7. The molecule has 7 heteroatoms. The van der Waals surface area contributed by atoms with E-state index in [-0.39, 0.29) is 24.0 Å². The molecule has 0 saturated carbocycles. The Morgan fingerprint density at radius 3 is 2.54 bits per heavy atom. The van der Waals surface area contributed by atoms with Crippen LogP contribution in [0, 0.1) is 0 Å². The van der Waals surface area contributed by atoms with Crippen LogP contribution in [0.25, 0.3) is 0 Å². The van der Waals surface area contributed by atoms with Crippen molar-refractivity contribution in [3.63, 3.8) is 0 Å². The predicted octanol–water partition coefficient (Wildman–Crippen LogP) is 4.33. The lowest BCUT2D eigenvalue weighted by atomic mass is 9.98. The first-order valence-electron chi connectivity index (χ1n) is 9.38. The molecule has 1 aromatic carbocycles. The van der Waals surface area contributed by atoms with E-state index >= 15 is 0 Å². The van der Waals surface area contributed by atoms with Crippen LogP contribution in [-0.4, -0.2) is 37.8 Å². The number of aliphatic imine (C=N–C) groups is 1. The number of nitrogens with one attached hydrogen (secondary N) is 2. The molecule has 0 radical (unpaired) electrons. The fraction of sp³-hybridized carbons (Fsp3) is 0.476. The number of benzene rings is 1. The van der Waals surface area contributed by atoms with Crippen LogP contribution in [0.3, 0.4) is 0 Å². The van der Waals surface area contributed by atoms with Crippen molar-refractivity contribution in [3.05, 3.63) is 52.2 Å². The average Bonchev–Trinajstić information content (AvgIpc) is 3.22. The van der Waals surface area contributed by atoms with Crippen molar-refractivity contribution in [1.82, 2.24) is 10.6 Å². The SMILES string of the molecule is CCNC(=NCC(C)(O)c1cccs1)NCCC(C)c1ccc(OC)cc1.I. The summed E-state index contributed by atoms with van der Waals surface area (Å²) in [5.41, 5.74) is 0.340. The molecule has 2 atom stereocenters. The third-order valence-electron chi connectivity index (χ3n) is 4.50. The molecular weight excluding hydrogens is 485 g/mol. The third-order valence-corrected chi connectivity index (χ3v) is 5.62. The van der Waals surface area contributed by atoms with Gasteiger partial charge in [0.25, 0.3) is 0 Å². The lowest BCUT2D eigenvalue weighted by Gasteiger charge is -2.21. The topological polar surface area (TPSA) is 65.9 Å². The summed E-state index contributed by atoms with van der Waals surface area (Å²) in [6.45, 7) is 7.96. The van der Waals surface area contributed by atoms with E-state index in [9.17, 15) is 5.11 Å². The molecule has 2 aromatic rings. The standard InChI is InChI=1S/C21H31N3O2S.HI/c1-5-22-20(24-15-21(3,25)19-7-6-14-27-19)23-13-12-16(2)17-8-10-18(26-4)11-9-17;/h6-11,14,16,25H,5,12-13,15H2,1-4H3,(H2,22,23,24);1H. The first kappa shape index (κ1) is 24.7. The minimum Gasteiger partial charge on any atom is -0.497 e. The molecule has 0 amide bonds. The number of halogens is 1. The Balaban J connectivity index is 0.00000392. The smallest absolute Gasteiger partial charge is 0.191 e. The lowest BCUT2D eigenvalue weighted by Crippen LogP contribution is -2.39. The minimum absolute atomic E-state index is 0. The summed E-state index contributed by atoms with van der Waals surface area (Å²) in [5, 5.41) is 19.2. The van der Waals surface area contributed by atoms with Gasteiger partial charge in [0.05, 0.1) is 13.7 Å². The fourth-order valence-electron chi connectivity index (χ4n) is 2.74. The summed E-state index contributed by atoms with van der Waals surface area (Å²) in [7, 11) is 1.68. The van der Waals surface area contributed by atoms with Crippen LogP contribution in [0.4, 0.5) is 0 Å². The van der Waals surface area contributed by atoms with E-state index in [1.807, 2.05) is 36.6 Å². The molecule has 1 aromatic heterocycles. The first-order valence-corrected chi connectivity index (χ1v) is 10.3. The normalized spacial score (nSPS) is 14.5. The molecule has 1 heterocycles. The Morgan fingerprint density at radius 1 is 1.25 bits per heavy atom. The van der Waals surface area contributed by atoms with Crippen molar-refractivity contribution in [2.45, 2.75) is 38.7 Å². The molecule has 0 aliphatic carbocycles. The number of hydrogen-bond donors (Lipinski definition) is 3. The summed E-state index contributed by atoms with van der Waals surface area (Å²) in [6, 6.07) is 12.1. The van der Waals surface area contributed by atoms with Gasteiger partial charge in [0.2, 0.25) is 0 Å². The van der Waals surface area contributed by atoms with E-state index in [0.29, 0.717) is 12.5 Å². The van der Waals surface area contributed by atoms with E-state index in [1.54, 1.807) is 25.4 Å². The zero-order valence-electron chi connectivity index (χ0n) is 17.1. The van der Waals surface area contributed by atoms with E-state index in [2.05, 4.69) is 34.7 Å². The van der Waals surface area contributed by atoms with E-state index in [0.717, 1.165) is 36.1 Å². The van der Waals surface area contributed by atoms with Gasteiger partial charge in [0.1, 0.15) is 11.4 Å². The third kappa shape index (κ3) is 7.60. The molecule has 3 N–H and O–H groups in total. The Bertz CT molecular complexity index is 703. The van der Waals surface area contributed by atoms with Crippen LogP contribution in [0.5, 0.6) is 5.75 Å². The van der Waals surface area contributed by atoms with Gasteiger partial charge in [0.15, 0.2) is 5.96 Å². The van der Waals surface area contributed by atoms with Crippen LogP contribution in [0.15, 0.2) is 46.8 Å². The highest BCUT2D eigenvalue weighted by Gasteiger charge is 2.24. The number of methoxy groups -OCH3 is 1. The maximum absolute atomic E-state index is 10.6. The summed E-state index contributed by atoms with van der Waals surface area (Å²) >= 11 is 1.55. The lowest BCUT2D eigenvalue weighted by molar-refractivity contribution is 0.0711. The fourth-order valence-corrected chi connectivity index (χ4v) is 3.52. The van der Waals surface area contributed by atoms with Crippen molar-refractivity contribution in [2.24, 2.45) is 4.99 Å². The number of thiophene rings is 1. The number of rotatable bonds is 9. The molecule has 0 bridgehead atoms. The molecule has 0 spiro atoms. The summed E-state index contributed by atoms with van der Waals surface area (Å²) in [4.78, 5) is 5.49. The molecular formula is C21H32IN3O2S. The number of aliphatic hydroxyl groups is 1. The molecule has 0 saturated heterocycles. The molecule has 5 nitrogen and oxygen atoms in total. The molecule has 28 heavy (non-hydrogen) atoms. The highest BCUT2D eigenvalue weighted by Crippen LogP contribution is 2.25. The monoisotopic (exact) mass is 517 g/mol. The van der Waals surface area contributed by atoms with E-state index in [4.69, 9.17) is 4.74 Å². The van der Waals surface area contributed by atoms with Crippen LogP contribution >= 0.6 is 35.3 Å². The average molecular weight is 517 g/mol. The zero-order valence-corrected chi connectivity index (χ0v) is 20.2. The molecule has 0 fully saturated rings. The maximum atomic E-state index is 10.6. The summed E-state index contributed by atoms with van der Waals surface area (Å²) in [5.74, 6) is 2.04. The van der Waals surface area contributed by atoms with Crippen molar-refractivity contribution >= 4 is 41.3 Å². The Kier molecular flexibility index (Phi) is 10.8. The molecule has 156 valence electrons. The largest absolute Gasteiger partial charge is 0.497 e. The van der Waals surface area contributed by atoms with Crippen molar-refractivity contribution in [3.8, 4) is 5.75 Å². The van der Waals surface area contributed by atoms with Crippen molar-refractivity contribution in [2.75, 3.05) is 26.7 Å². The predicted molar refractivity (Wildman–Crippen MR) is 129 cm³/mol. The van der Waals surface area contributed by atoms with Crippen molar-refractivity contribution in [1.29, 1.82) is 0 Å². The molecule has 0 aliphatic heterocycles. The number of nitrogens with zero attached hydrogens (tertiary/aromatic N) is 1. The van der Waals surface area contributed by atoms with Gasteiger partial charge < -0.3 is 20.5 Å². The van der Waals surface area contributed by atoms with Gasteiger partial charge in [-0.15, -0.1) is 35.3 Å². The Morgan fingerprint density at radius 2 is 1.96 bits per heavy atom. The maximum Gasteiger partial charge on any atom is 0.191 e. The van der Waals surface area contributed by atoms with Gasteiger partial charge in [-0.1, -0.05) is 25.1 Å². The highest BCUT2D eigenvalue weighted by molar-refractivity contribution is 14.0. The van der Waals surface area contributed by atoms with E-state index in [1.165, 1.54) is 5.56 Å². The van der Waals surface area contributed by atoms with Crippen LogP contribution in [-0.2, 0) is 5.60 Å². The van der Waals surface area contributed by atoms with Gasteiger partial charge in [-0.3, -0.25) is 0 Å². The number of ether oxygens (including phenoxy) is 1. The number of hydrogen-bond acceptors (Lipinski definition) is 4. The van der Waals surface area contributed by atoms with Gasteiger partial charge in [-0.2, -0.15) is 0 Å². The Hall–Kier alpha value is -1.32. The second-order valence-electron chi connectivity index (χ2n) is 6.84. The van der Waals surface area contributed by atoms with E-state index < -0.39 is 5.60 Å². The van der Waals surface area contributed by atoms with Crippen LogP contribution in [0.2, 0.25) is 0 Å².